The average Bonchev–Trinajstić information content (AvgIpc) is 3.49. The van der Waals surface area contributed by atoms with E-state index in [2.05, 4.69) is 36.6 Å². The predicted octanol–water partition coefficient (Wildman–Crippen LogP) is 3.34. The molecule has 5 aromatic rings. The number of hydrogen-bond acceptors (Lipinski definition) is 7. The molecule has 5 rings (SSSR count). The highest BCUT2D eigenvalue weighted by atomic mass is 19.1. The van der Waals surface area contributed by atoms with Crippen LogP contribution in [-0.2, 0) is 13.1 Å². The highest BCUT2D eigenvalue weighted by molar-refractivity contribution is 5.78. The van der Waals surface area contributed by atoms with Gasteiger partial charge in [0.25, 0.3) is 5.89 Å². The van der Waals surface area contributed by atoms with Crippen molar-refractivity contribution in [3.63, 3.8) is 0 Å². The maximum atomic E-state index is 13.6. The number of aromatic nitrogens is 8. The average molecular weight is 404 g/mol. The number of rotatable bonds is 6. The van der Waals surface area contributed by atoms with Crippen LogP contribution in [0.5, 0.6) is 0 Å². The van der Waals surface area contributed by atoms with Crippen molar-refractivity contribution >= 4 is 11.0 Å². The number of fused-ring (bicyclic) bond motifs is 1. The van der Waals surface area contributed by atoms with Crippen molar-refractivity contribution in [1.29, 1.82) is 0 Å². The lowest BCUT2D eigenvalue weighted by atomic mass is 10.3. The Balaban J connectivity index is 1.56. The molecule has 0 aromatic carbocycles. The van der Waals surface area contributed by atoms with E-state index in [1.807, 2.05) is 16.8 Å². The van der Waals surface area contributed by atoms with Crippen LogP contribution in [0.3, 0.4) is 0 Å². The molecule has 9 nitrogen and oxygen atoms in total. The number of pyridine rings is 2. The molecule has 30 heavy (non-hydrogen) atoms. The number of nitrogens with zero attached hydrogens (tertiary/aromatic N) is 8. The van der Waals surface area contributed by atoms with E-state index < -0.39 is 5.95 Å². The molecule has 0 aliphatic carbocycles. The molecule has 0 amide bonds. The van der Waals surface area contributed by atoms with E-state index in [4.69, 9.17) is 9.40 Å². The molecule has 5 aromatic heterocycles. The van der Waals surface area contributed by atoms with E-state index in [9.17, 15) is 4.39 Å². The summed E-state index contributed by atoms with van der Waals surface area (Å²) in [5.74, 6) is 1.22. The molecule has 5 heterocycles. The first kappa shape index (κ1) is 18.1. The van der Waals surface area contributed by atoms with Crippen molar-refractivity contribution in [2.45, 2.75) is 26.4 Å². The summed E-state index contributed by atoms with van der Waals surface area (Å²) >= 11 is 0. The first-order valence-electron chi connectivity index (χ1n) is 9.48. The molecule has 150 valence electrons. The van der Waals surface area contributed by atoms with Gasteiger partial charge in [0.15, 0.2) is 5.82 Å². The van der Waals surface area contributed by atoms with Crippen LogP contribution < -0.4 is 0 Å². The number of imidazole rings is 2. The monoisotopic (exact) mass is 404 g/mol. The smallest absolute Gasteiger partial charge is 0.266 e. The van der Waals surface area contributed by atoms with Gasteiger partial charge >= 0.3 is 0 Å². The molecule has 0 bridgehead atoms. The second-order valence-corrected chi connectivity index (χ2v) is 6.71. The Bertz CT molecular complexity index is 1310. The van der Waals surface area contributed by atoms with Gasteiger partial charge in [-0.2, -0.15) is 4.39 Å². The lowest BCUT2D eigenvalue weighted by Crippen LogP contribution is -2.10. The predicted molar refractivity (Wildman–Crippen MR) is 106 cm³/mol. The summed E-state index contributed by atoms with van der Waals surface area (Å²) < 4.78 is 22.9. The molecule has 0 saturated carbocycles. The Labute approximate surface area is 170 Å². The van der Waals surface area contributed by atoms with Crippen LogP contribution in [0.25, 0.3) is 34.1 Å². The van der Waals surface area contributed by atoms with Crippen LogP contribution >= 0.6 is 0 Å². The van der Waals surface area contributed by atoms with Crippen LogP contribution in [0.2, 0.25) is 0 Å². The van der Waals surface area contributed by atoms with Crippen molar-refractivity contribution in [2.24, 2.45) is 0 Å². The Kier molecular flexibility index (Phi) is 4.51. The molecule has 0 saturated heterocycles. The van der Waals surface area contributed by atoms with E-state index in [1.165, 1.54) is 12.5 Å². The van der Waals surface area contributed by atoms with E-state index in [0.29, 0.717) is 29.6 Å². The minimum absolute atomic E-state index is 0.345. The van der Waals surface area contributed by atoms with Gasteiger partial charge in [0, 0.05) is 18.9 Å². The van der Waals surface area contributed by atoms with Crippen LogP contribution in [0.4, 0.5) is 4.39 Å². The Hall–Kier alpha value is -3.95. The summed E-state index contributed by atoms with van der Waals surface area (Å²) in [6.45, 7) is 3.35. The minimum atomic E-state index is -0.542. The van der Waals surface area contributed by atoms with Crippen molar-refractivity contribution in [3.05, 3.63) is 61.0 Å². The summed E-state index contributed by atoms with van der Waals surface area (Å²) in [4.78, 5) is 17.6. The summed E-state index contributed by atoms with van der Waals surface area (Å²) in [6.07, 6.45) is 7.48. The van der Waals surface area contributed by atoms with Crippen molar-refractivity contribution in [2.75, 3.05) is 0 Å². The number of halogens is 1. The molecule has 0 N–H and O–H groups in total. The molecule has 0 aliphatic heterocycles. The molecule has 0 unspecified atom stereocenters. The zero-order valence-corrected chi connectivity index (χ0v) is 16.1. The van der Waals surface area contributed by atoms with Gasteiger partial charge in [0.05, 0.1) is 23.8 Å². The fourth-order valence-electron chi connectivity index (χ4n) is 3.42. The molecule has 0 fully saturated rings. The zero-order chi connectivity index (χ0) is 20.5. The Morgan fingerprint density at radius 3 is 2.87 bits per heavy atom. The standard InChI is InChI=1S/C20H17FN8O/c1-2-7-29-16-10-23-15(20-27-24-12-30-20)9-14(16)26-18(29)11-28-8-6-22-19(28)13-4-3-5-17(21)25-13/h3-6,8-10,12H,2,7,11H2,1H3. The van der Waals surface area contributed by atoms with E-state index in [0.717, 1.165) is 29.8 Å². The van der Waals surface area contributed by atoms with Gasteiger partial charge in [-0.05, 0) is 24.6 Å². The second kappa shape index (κ2) is 7.47. The van der Waals surface area contributed by atoms with E-state index in [1.54, 1.807) is 24.5 Å². The molecular weight excluding hydrogens is 387 g/mol. The topological polar surface area (TPSA) is 100 Å². The quantitative estimate of drug-likeness (QED) is 0.400. The SMILES string of the molecule is CCCn1c(Cn2ccnc2-c2cccc(F)n2)nc2cc(-c3nnco3)ncc21. The van der Waals surface area contributed by atoms with Crippen LogP contribution in [0.1, 0.15) is 19.2 Å². The van der Waals surface area contributed by atoms with Gasteiger partial charge in [0.1, 0.15) is 17.2 Å². The van der Waals surface area contributed by atoms with E-state index >= 15 is 0 Å². The third-order valence-electron chi connectivity index (χ3n) is 4.71. The van der Waals surface area contributed by atoms with Crippen LogP contribution in [-0.4, -0.2) is 39.3 Å². The lowest BCUT2D eigenvalue weighted by molar-refractivity contribution is 0.566. The van der Waals surface area contributed by atoms with Gasteiger partial charge in [-0.25, -0.2) is 19.9 Å². The molecule has 10 heteroatoms. The summed E-state index contributed by atoms with van der Waals surface area (Å²) in [5, 5.41) is 7.61. The lowest BCUT2D eigenvalue weighted by Gasteiger charge is -2.10. The maximum Gasteiger partial charge on any atom is 0.266 e. The first-order valence-corrected chi connectivity index (χ1v) is 9.48. The van der Waals surface area contributed by atoms with Crippen LogP contribution in [0.15, 0.2) is 53.7 Å². The molecule has 0 aliphatic rings. The van der Waals surface area contributed by atoms with Gasteiger partial charge in [0.2, 0.25) is 12.3 Å². The minimum Gasteiger partial charge on any atom is -0.422 e. The largest absolute Gasteiger partial charge is 0.422 e. The van der Waals surface area contributed by atoms with Gasteiger partial charge in [-0.15, -0.1) is 10.2 Å². The number of aryl methyl sites for hydroxylation is 1. The third-order valence-corrected chi connectivity index (χ3v) is 4.71. The van der Waals surface area contributed by atoms with Crippen molar-refractivity contribution in [3.8, 4) is 23.1 Å². The van der Waals surface area contributed by atoms with Crippen molar-refractivity contribution < 1.29 is 8.81 Å². The second-order valence-electron chi connectivity index (χ2n) is 6.71. The van der Waals surface area contributed by atoms with E-state index in [-0.39, 0.29) is 0 Å². The summed E-state index contributed by atoms with van der Waals surface area (Å²) in [5.41, 5.74) is 2.74. The summed E-state index contributed by atoms with van der Waals surface area (Å²) in [7, 11) is 0. The Morgan fingerprint density at radius 1 is 1.13 bits per heavy atom. The fraction of sp³-hybridized carbons (Fsp3) is 0.200. The molecule has 0 spiro atoms. The Morgan fingerprint density at radius 2 is 2.07 bits per heavy atom. The number of hydrogen-bond donors (Lipinski definition) is 0. The highest BCUT2D eigenvalue weighted by Gasteiger charge is 2.16. The maximum absolute atomic E-state index is 13.6. The third kappa shape index (κ3) is 3.21. The molecule has 0 radical (unpaired) electrons. The highest BCUT2D eigenvalue weighted by Crippen LogP contribution is 2.23. The first-order chi connectivity index (χ1) is 14.7. The van der Waals surface area contributed by atoms with Gasteiger partial charge < -0.3 is 13.6 Å². The normalized spacial score (nSPS) is 11.4. The van der Waals surface area contributed by atoms with Gasteiger partial charge in [-0.1, -0.05) is 13.0 Å². The molecular formula is C20H17FN8O. The summed E-state index contributed by atoms with van der Waals surface area (Å²) in [6, 6.07) is 6.50. The van der Waals surface area contributed by atoms with Gasteiger partial charge in [-0.3, -0.25) is 0 Å². The fourth-order valence-corrected chi connectivity index (χ4v) is 3.42. The van der Waals surface area contributed by atoms with Crippen LogP contribution in [0, 0.1) is 5.95 Å². The zero-order valence-electron chi connectivity index (χ0n) is 16.1. The van der Waals surface area contributed by atoms with Crippen molar-refractivity contribution in [1.82, 2.24) is 39.3 Å². The molecule has 0 atom stereocenters.